The number of hydrogen-bond acceptors (Lipinski definition) is 4. The second-order valence-electron chi connectivity index (χ2n) is 9.47. The van der Waals surface area contributed by atoms with Crippen LogP contribution in [0.2, 0.25) is 0 Å². The Morgan fingerprint density at radius 3 is 2.59 bits per heavy atom. The summed E-state index contributed by atoms with van der Waals surface area (Å²) in [6, 6.07) is -0.0376. The van der Waals surface area contributed by atoms with Gasteiger partial charge in [-0.3, -0.25) is 4.79 Å². The fraction of sp³-hybridized carbons (Fsp3) is 0.607. The zero-order chi connectivity index (χ0) is 23.7. The van der Waals surface area contributed by atoms with E-state index in [1.165, 1.54) is 36.1 Å². The number of unbranched alkanes of at least 4 members (excludes halogenated alkanes) is 1. The average Bonchev–Trinajstić information content (AvgIpc) is 2.74. The van der Waals surface area contributed by atoms with Crippen molar-refractivity contribution in [2.24, 2.45) is 11.8 Å². The van der Waals surface area contributed by atoms with Crippen molar-refractivity contribution in [2.75, 3.05) is 27.2 Å². The minimum Gasteiger partial charge on any atom is -0.387 e. The van der Waals surface area contributed by atoms with Gasteiger partial charge in [0.15, 0.2) is 5.78 Å². The second kappa shape index (κ2) is 12.8. The number of carbonyl (C=O) groups is 1. The summed E-state index contributed by atoms with van der Waals surface area (Å²) >= 11 is 0. The maximum Gasteiger partial charge on any atom is 0.165 e. The molecular formula is C28H45N3O. The van der Waals surface area contributed by atoms with E-state index >= 15 is 0 Å². The van der Waals surface area contributed by atoms with E-state index in [0.717, 1.165) is 43.8 Å². The van der Waals surface area contributed by atoms with E-state index in [1.807, 2.05) is 27.1 Å². The zero-order valence-electron chi connectivity index (χ0n) is 21.3. The van der Waals surface area contributed by atoms with Crippen LogP contribution in [-0.2, 0) is 4.79 Å². The third-order valence-electron chi connectivity index (χ3n) is 6.89. The molecule has 2 atom stereocenters. The van der Waals surface area contributed by atoms with Crippen molar-refractivity contribution in [3.05, 3.63) is 59.0 Å². The Hall–Kier alpha value is -2.07. The summed E-state index contributed by atoms with van der Waals surface area (Å²) in [6.45, 7) is 14.4. The average molecular weight is 440 g/mol. The fourth-order valence-electron chi connectivity index (χ4n) is 4.58. The molecule has 0 aromatic carbocycles. The van der Waals surface area contributed by atoms with E-state index in [4.69, 9.17) is 0 Å². The monoisotopic (exact) mass is 439 g/mol. The van der Waals surface area contributed by atoms with Crippen LogP contribution in [-0.4, -0.2) is 43.9 Å². The lowest BCUT2D eigenvalue weighted by Crippen LogP contribution is -2.34. The number of carbonyl (C=O) groups excluding carboxylic acids is 1. The Morgan fingerprint density at radius 2 is 2.06 bits per heavy atom. The molecule has 2 aliphatic rings. The van der Waals surface area contributed by atoms with E-state index in [1.54, 1.807) is 0 Å². The van der Waals surface area contributed by atoms with Crippen molar-refractivity contribution < 1.29 is 4.79 Å². The maximum absolute atomic E-state index is 12.9. The van der Waals surface area contributed by atoms with E-state index in [-0.39, 0.29) is 17.7 Å². The maximum atomic E-state index is 12.9. The summed E-state index contributed by atoms with van der Waals surface area (Å²) in [5, 5.41) is 6.85. The first-order valence-corrected chi connectivity index (χ1v) is 12.5. The molecule has 0 aromatic heterocycles. The molecule has 0 radical (unpaired) electrons. The molecular weight excluding hydrogens is 394 g/mol. The molecule has 1 aliphatic heterocycles. The topological polar surface area (TPSA) is 44.4 Å². The lowest BCUT2D eigenvalue weighted by molar-refractivity contribution is -0.118. The highest BCUT2D eigenvalue weighted by molar-refractivity contribution is 6.00. The van der Waals surface area contributed by atoms with Gasteiger partial charge in [0.2, 0.25) is 0 Å². The van der Waals surface area contributed by atoms with Crippen LogP contribution in [0.4, 0.5) is 0 Å². The zero-order valence-corrected chi connectivity index (χ0v) is 21.3. The van der Waals surface area contributed by atoms with E-state index in [0.29, 0.717) is 5.57 Å². The predicted molar refractivity (Wildman–Crippen MR) is 137 cm³/mol. The van der Waals surface area contributed by atoms with Crippen LogP contribution >= 0.6 is 0 Å². The van der Waals surface area contributed by atoms with Crippen molar-refractivity contribution in [1.29, 1.82) is 0 Å². The minimum absolute atomic E-state index is 0.0181. The molecule has 178 valence electrons. The number of ketones is 1. The van der Waals surface area contributed by atoms with Crippen LogP contribution in [0.5, 0.6) is 0 Å². The Morgan fingerprint density at radius 1 is 1.34 bits per heavy atom. The minimum atomic E-state index is -0.0376. The molecule has 4 nitrogen and oxygen atoms in total. The molecule has 2 N–H and O–H groups in total. The van der Waals surface area contributed by atoms with E-state index < -0.39 is 0 Å². The first-order chi connectivity index (χ1) is 15.3. The lowest BCUT2D eigenvalue weighted by Gasteiger charge is -2.38. The van der Waals surface area contributed by atoms with Gasteiger partial charge in [-0.25, -0.2) is 0 Å². The van der Waals surface area contributed by atoms with Gasteiger partial charge in [-0.1, -0.05) is 58.4 Å². The van der Waals surface area contributed by atoms with E-state index in [2.05, 4.69) is 61.2 Å². The van der Waals surface area contributed by atoms with Crippen LogP contribution in [0.25, 0.3) is 0 Å². The molecule has 0 aromatic rings. The van der Waals surface area contributed by atoms with Crippen LogP contribution < -0.4 is 10.6 Å². The Labute approximate surface area is 196 Å². The van der Waals surface area contributed by atoms with Crippen LogP contribution in [0.1, 0.15) is 66.2 Å². The first-order valence-electron chi connectivity index (χ1n) is 12.5. The molecule has 0 amide bonds. The number of likely N-dealkylation sites (N-methyl/N-ethyl adjacent to an activating group) is 2. The van der Waals surface area contributed by atoms with Crippen molar-refractivity contribution in [3.8, 4) is 0 Å². The highest BCUT2D eigenvalue weighted by Gasteiger charge is 2.28. The highest BCUT2D eigenvalue weighted by atomic mass is 16.1. The summed E-state index contributed by atoms with van der Waals surface area (Å²) in [6.07, 6.45) is 15.7. The third kappa shape index (κ3) is 6.71. The number of nitrogens with zero attached hydrogens (tertiary/aromatic N) is 1. The molecule has 1 heterocycles. The molecule has 0 saturated heterocycles. The van der Waals surface area contributed by atoms with Gasteiger partial charge in [0.05, 0.1) is 6.04 Å². The van der Waals surface area contributed by atoms with Gasteiger partial charge in [-0.15, -0.1) is 0 Å². The number of Topliss-reactive ketones (excluding diaryl/α,β-unsaturated/α-hetero) is 1. The van der Waals surface area contributed by atoms with Gasteiger partial charge >= 0.3 is 0 Å². The first kappa shape index (κ1) is 26.2. The molecule has 2 rings (SSSR count). The summed E-state index contributed by atoms with van der Waals surface area (Å²) in [5.41, 5.74) is 5.82. The lowest BCUT2D eigenvalue weighted by atomic mass is 9.79. The molecule has 2 unspecified atom stereocenters. The van der Waals surface area contributed by atoms with Gasteiger partial charge in [-0.05, 0) is 62.3 Å². The fourth-order valence-corrected chi connectivity index (χ4v) is 4.58. The van der Waals surface area contributed by atoms with Crippen molar-refractivity contribution in [3.63, 3.8) is 0 Å². The summed E-state index contributed by atoms with van der Waals surface area (Å²) in [7, 11) is 4.15. The third-order valence-corrected chi connectivity index (χ3v) is 6.89. The Kier molecular flexibility index (Phi) is 10.5. The standard InChI is InChI=1S/C28H45N3O/c1-8-10-11-15-26(29-6)25(22(5)28(32)20(3)9-2)18-30-17-23-16-21(4)27(31(7)19-23)24-13-12-14-24/h11,15-16,18,20,24,26,29-30H,5,8-10,12-14,17,19H2,1-4,6-7H3/b15-11-,25-18-. The largest absolute Gasteiger partial charge is 0.387 e. The summed E-state index contributed by atoms with van der Waals surface area (Å²) in [5.74, 6) is 0.860. The van der Waals surface area contributed by atoms with Crippen LogP contribution in [0.15, 0.2) is 59.0 Å². The van der Waals surface area contributed by atoms with Gasteiger partial charge in [0.1, 0.15) is 0 Å². The predicted octanol–water partition coefficient (Wildman–Crippen LogP) is 5.52. The number of rotatable bonds is 13. The van der Waals surface area contributed by atoms with Crippen molar-refractivity contribution >= 4 is 5.78 Å². The molecule has 1 fully saturated rings. The van der Waals surface area contributed by atoms with Gasteiger partial charge < -0.3 is 15.5 Å². The van der Waals surface area contributed by atoms with Gasteiger partial charge in [0, 0.05) is 43.5 Å². The van der Waals surface area contributed by atoms with Gasteiger partial charge in [-0.2, -0.15) is 0 Å². The molecule has 0 bridgehead atoms. The number of hydrogen-bond donors (Lipinski definition) is 2. The highest BCUT2D eigenvalue weighted by Crippen LogP contribution is 2.38. The molecule has 0 spiro atoms. The van der Waals surface area contributed by atoms with Crippen molar-refractivity contribution in [2.45, 2.75) is 72.3 Å². The summed E-state index contributed by atoms with van der Waals surface area (Å²) in [4.78, 5) is 15.3. The number of nitrogens with one attached hydrogen (secondary N) is 2. The van der Waals surface area contributed by atoms with Crippen molar-refractivity contribution in [1.82, 2.24) is 15.5 Å². The molecule has 32 heavy (non-hydrogen) atoms. The quantitative estimate of drug-likeness (QED) is 0.225. The SMILES string of the molecule is C=C(C(=O)C(C)CC)/C(=C/NCC1=CC(C)=C(C2CCC2)N(C)C1)C(/C=C\CCC)NC. The summed E-state index contributed by atoms with van der Waals surface area (Å²) < 4.78 is 0. The molecule has 1 saturated carbocycles. The van der Waals surface area contributed by atoms with Gasteiger partial charge in [0.25, 0.3) is 0 Å². The second-order valence-corrected chi connectivity index (χ2v) is 9.47. The van der Waals surface area contributed by atoms with E-state index in [9.17, 15) is 4.79 Å². The Bertz CT molecular complexity index is 782. The van der Waals surface area contributed by atoms with Crippen LogP contribution in [0, 0.1) is 11.8 Å². The Balaban J connectivity index is 2.18. The molecule has 1 aliphatic carbocycles. The number of allylic oxidation sites excluding steroid dienone is 4. The normalized spacial score (nSPS) is 19.6. The smallest absolute Gasteiger partial charge is 0.165 e. The molecule has 4 heteroatoms. The van der Waals surface area contributed by atoms with Crippen LogP contribution in [0.3, 0.4) is 0 Å².